The Morgan fingerprint density at radius 1 is 0.963 bits per heavy atom. The number of carbonyl (C=O) groups excluding carboxylic acids is 4. The van der Waals surface area contributed by atoms with Crippen LogP contribution < -0.4 is 16.0 Å². The lowest BCUT2D eigenvalue weighted by Gasteiger charge is -2.14. The van der Waals surface area contributed by atoms with E-state index in [1.807, 2.05) is 0 Å². The van der Waals surface area contributed by atoms with E-state index in [0.717, 1.165) is 12.1 Å². The maximum absolute atomic E-state index is 12.5. The van der Waals surface area contributed by atoms with Gasteiger partial charge in [0.1, 0.15) is 0 Å². The predicted octanol–water partition coefficient (Wildman–Crippen LogP) is 2.57. The number of fused-ring (bicyclic) bond motifs is 1. The van der Waals surface area contributed by atoms with Crippen LogP contribution in [-0.2, 0) is 9.59 Å². The van der Waals surface area contributed by atoms with Gasteiger partial charge in [0.2, 0.25) is 0 Å². The maximum atomic E-state index is 12.5. The molecule has 3 N–H and O–H groups in total. The standard InChI is InChI=1S/C17H10F3N3O4/c18-17(19,20)16(27)21-9-6-10-12(23-15(26)13(10)24)11(7-9)22-14(25)8-4-2-1-3-5-8/h1-7H,(H,21,27)(H,22,25)(H,23,24,26). The molecule has 10 heteroatoms. The van der Waals surface area contributed by atoms with Crippen molar-refractivity contribution in [3.05, 3.63) is 53.6 Å². The van der Waals surface area contributed by atoms with Gasteiger partial charge < -0.3 is 16.0 Å². The van der Waals surface area contributed by atoms with Crippen LogP contribution in [0.2, 0.25) is 0 Å². The summed E-state index contributed by atoms with van der Waals surface area (Å²) in [5.74, 6) is -4.87. The number of benzene rings is 2. The third-order valence-corrected chi connectivity index (χ3v) is 3.63. The number of Topliss-reactive ketones (excluding diaryl/α,β-unsaturated/α-hetero) is 1. The van der Waals surface area contributed by atoms with Crippen molar-refractivity contribution in [3.63, 3.8) is 0 Å². The number of alkyl halides is 3. The molecule has 0 spiro atoms. The van der Waals surface area contributed by atoms with Crippen molar-refractivity contribution < 1.29 is 32.3 Å². The van der Waals surface area contributed by atoms with E-state index in [0.29, 0.717) is 0 Å². The number of carbonyl (C=O) groups is 4. The highest BCUT2D eigenvalue weighted by Crippen LogP contribution is 2.35. The summed E-state index contributed by atoms with van der Waals surface area (Å²) in [6.45, 7) is 0. The maximum Gasteiger partial charge on any atom is 0.471 e. The number of hydrogen-bond donors (Lipinski definition) is 3. The van der Waals surface area contributed by atoms with Gasteiger partial charge in [-0.1, -0.05) is 18.2 Å². The average molecular weight is 377 g/mol. The Morgan fingerprint density at radius 3 is 2.26 bits per heavy atom. The number of nitrogens with one attached hydrogen (secondary N) is 3. The Morgan fingerprint density at radius 2 is 1.63 bits per heavy atom. The highest BCUT2D eigenvalue weighted by atomic mass is 19.4. The highest BCUT2D eigenvalue weighted by molar-refractivity contribution is 6.52. The molecule has 3 rings (SSSR count). The Kier molecular flexibility index (Phi) is 4.40. The van der Waals surface area contributed by atoms with Gasteiger partial charge in [-0.25, -0.2) is 0 Å². The second-order valence-corrected chi connectivity index (χ2v) is 5.50. The predicted molar refractivity (Wildman–Crippen MR) is 88.5 cm³/mol. The van der Waals surface area contributed by atoms with Gasteiger partial charge in [0, 0.05) is 11.3 Å². The molecular formula is C17H10F3N3O4. The van der Waals surface area contributed by atoms with Crippen LogP contribution in [0.5, 0.6) is 0 Å². The number of halogens is 3. The van der Waals surface area contributed by atoms with Crippen LogP contribution in [0, 0.1) is 0 Å². The van der Waals surface area contributed by atoms with E-state index in [4.69, 9.17) is 0 Å². The quantitative estimate of drug-likeness (QED) is 0.715. The van der Waals surface area contributed by atoms with Gasteiger partial charge in [0.05, 0.1) is 16.9 Å². The second kappa shape index (κ2) is 6.56. The molecule has 1 heterocycles. The number of amides is 3. The SMILES string of the molecule is O=C1Nc2c(NC(=O)c3ccccc3)cc(NC(=O)C(F)(F)F)cc2C1=O. The van der Waals surface area contributed by atoms with Crippen molar-refractivity contribution in [2.24, 2.45) is 0 Å². The summed E-state index contributed by atoms with van der Waals surface area (Å²) in [7, 11) is 0. The zero-order valence-electron chi connectivity index (χ0n) is 13.3. The number of ketones is 1. The van der Waals surface area contributed by atoms with Crippen LogP contribution >= 0.6 is 0 Å². The monoisotopic (exact) mass is 377 g/mol. The molecule has 0 saturated carbocycles. The fourth-order valence-electron chi connectivity index (χ4n) is 2.41. The highest BCUT2D eigenvalue weighted by Gasteiger charge is 2.39. The molecule has 0 fully saturated rings. The lowest BCUT2D eigenvalue weighted by atomic mass is 10.1. The van der Waals surface area contributed by atoms with E-state index < -0.39 is 35.4 Å². The van der Waals surface area contributed by atoms with Crippen molar-refractivity contribution in [3.8, 4) is 0 Å². The van der Waals surface area contributed by atoms with E-state index in [-0.39, 0.29) is 22.5 Å². The number of anilines is 3. The molecule has 1 aliphatic rings. The van der Waals surface area contributed by atoms with Crippen LogP contribution in [0.25, 0.3) is 0 Å². The van der Waals surface area contributed by atoms with Crippen LogP contribution in [0.3, 0.4) is 0 Å². The first-order valence-corrected chi connectivity index (χ1v) is 7.45. The van der Waals surface area contributed by atoms with Crippen molar-refractivity contribution in [1.82, 2.24) is 0 Å². The molecular weight excluding hydrogens is 367 g/mol. The summed E-state index contributed by atoms with van der Waals surface area (Å²) in [5.41, 5.74) is -0.600. The minimum absolute atomic E-state index is 0.0562. The molecule has 0 unspecified atom stereocenters. The summed E-state index contributed by atoms with van der Waals surface area (Å²) in [6.07, 6.45) is -5.15. The zero-order valence-corrected chi connectivity index (χ0v) is 13.3. The first-order chi connectivity index (χ1) is 12.7. The fourth-order valence-corrected chi connectivity index (χ4v) is 2.41. The van der Waals surface area contributed by atoms with E-state index in [9.17, 15) is 32.3 Å². The van der Waals surface area contributed by atoms with Gasteiger partial charge in [-0.05, 0) is 24.3 Å². The molecule has 7 nitrogen and oxygen atoms in total. The molecule has 3 amide bonds. The van der Waals surface area contributed by atoms with Crippen LogP contribution in [0.15, 0.2) is 42.5 Å². The van der Waals surface area contributed by atoms with Gasteiger partial charge in [-0.2, -0.15) is 13.2 Å². The Hall–Kier alpha value is -3.69. The molecule has 1 aliphatic heterocycles. The third-order valence-electron chi connectivity index (χ3n) is 3.63. The minimum Gasteiger partial charge on any atom is -0.320 e. The van der Waals surface area contributed by atoms with E-state index in [1.54, 1.807) is 23.5 Å². The van der Waals surface area contributed by atoms with Gasteiger partial charge in [-0.15, -0.1) is 0 Å². The molecule has 0 aliphatic carbocycles. The molecule has 0 aromatic heterocycles. The molecule has 2 aromatic carbocycles. The Labute approximate surface area is 149 Å². The van der Waals surface area contributed by atoms with Crippen molar-refractivity contribution >= 4 is 40.6 Å². The van der Waals surface area contributed by atoms with Crippen LogP contribution in [0.1, 0.15) is 20.7 Å². The number of hydrogen-bond acceptors (Lipinski definition) is 4. The lowest BCUT2D eigenvalue weighted by molar-refractivity contribution is -0.167. The lowest BCUT2D eigenvalue weighted by Crippen LogP contribution is -2.30. The zero-order chi connectivity index (χ0) is 19.8. The van der Waals surface area contributed by atoms with Gasteiger partial charge in [0.25, 0.3) is 17.6 Å². The summed E-state index contributed by atoms with van der Waals surface area (Å²) in [4.78, 5) is 46.9. The first kappa shape index (κ1) is 18.1. The first-order valence-electron chi connectivity index (χ1n) is 7.45. The minimum atomic E-state index is -5.15. The Balaban J connectivity index is 1.98. The number of rotatable bonds is 3. The van der Waals surface area contributed by atoms with E-state index in [2.05, 4.69) is 10.6 Å². The van der Waals surface area contributed by atoms with E-state index in [1.165, 1.54) is 12.1 Å². The van der Waals surface area contributed by atoms with Crippen LogP contribution in [0.4, 0.5) is 30.2 Å². The molecule has 0 saturated heterocycles. The normalized spacial score (nSPS) is 13.0. The van der Waals surface area contributed by atoms with Crippen molar-refractivity contribution in [1.29, 1.82) is 0 Å². The third kappa shape index (κ3) is 3.64. The second-order valence-electron chi connectivity index (χ2n) is 5.50. The summed E-state index contributed by atoms with van der Waals surface area (Å²) < 4.78 is 37.4. The summed E-state index contributed by atoms with van der Waals surface area (Å²) in [5, 5.41) is 6.25. The van der Waals surface area contributed by atoms with Gasteiger partial charge in [-0.3, -0.25) is 19.2 Å². The smallest absolute Gasteiger partial charge is 0.320 e. The molecule has 138 valence electrons. The van der Waals surface area contributed by atoms with Crippen molar-refractivity contribution in [2.45, 2.75) is 6.18 Å². The topological polar surface area (TPSA) is 104 Å². The average Bonchev–Trinajstić information content (AvgIpc) is 2.90. The van der Waals surface area contributed by atoms with Crippen molar-refractivity contribution in [2.75, 3.05) is 16.0 Å². The van der Waals surface area contributed by atoms with Crippen LogP contribution in [-0.4, -0.2) is 29.7 Å². The molecule has 0 radical (unpaired) electrons. The summed E-state index contributed by atoms with van der Waals surface area (Å²) >= 11 is 0. The molecule has 2 aromatic rings. The molecule has 0 atom stereocenters. The van der Waals surface area contributed by atoms with E-state index >= 15 is 0 Å². The fraction of sp³-hybridized carbons (Fsp3) is 0.0588. The Bertz CT molecular complexity index is 971. The molecule has 27 heavy (non-hydrogen) atoms. The molecule has 0 bridgehead atoms. The largest absolute Gasteiger partial charge is 0.471 e. The van der Waals surface area contributed by atoms with Gasteiger partial charge >= 0.3 is 12.1 Å². The van der Waals surface area contributed by atoms with Gasteiger partial charge in [0.15, 0.2) is 0 Å². The summed E-state index contributed by atoms with van der Waals surface area (Å²) in [6, 6.07) is 9.82.